The van der Waals surface area contributed by atoms with Crippen LogP contribution in [0.15, 0.2) is 48.5 Å². The zero-order valence-electron chi connectivity index (χ0n) is 16.0. The molecule has 2 aromatic carbocycles. The van der Waals surface area contributed by atoms with Crippen molar-refractivity contribution in [2.45, 2.75) is 12.3 Å². The minimum Gasteiger partial charge on any atom is -0.481 e. The minimum absolute atomic E-state index is 0.00648. The zero-order chi connectivity index (χ0) is 20.0. The Bertz CT molecular complexity index is 928. The molecule has 2 heterocycles. The van der Waals surface area contributed by atoms with E-state index in [-0.39, 0.29) is 25.0 Å². The van der Waals surface area contributed by atoms with Crippen molar-refractivity contribution in [3.8, 4) is 11.1 Å². The number of amides is 1. The number of carbonyl (C=O) groups excluding carboxylic acids is 1. The lowest BCUT2D eigenvalue weighted by atomic mass is 9.74. The fourth-order valence-corrected chi connectivity index (χ4v) is 5.12. The summed E-state index contributed by atoms with van der Waals surface area (Å²) in [6, 6.07) is 16.4. The monoisotopic (exact) mass is 393 g/mol. The number of hydrogen-bond donors (Lipinski definition) is 1. The van der Waals surface area contributed by atoms with Gasteiger partial charge in [0.25, 0.3) is 0 Å². The van der Waals surface area contributed by atoms with Gasteiger partial charge in [-0.1, -0.05) is 48.5 Å². The number of carbonyl (C=O) groups is 2. The van der Waals surface area contributed by atoms with Crippen molar-refractivity contribution in [1.29, 1.82) is 0 Å². The number of carboxylic acid groups (broad SMARTS) is 1. The molecule has 6 heteroatoms. The van der Waals surface area contributed by atoms with Crippen LogP contribution in [0.3, 0.4) is 0 Å². The third-order valence-corrected chi connectivity index (χ3v) is 6.73. The van der Waals surface area contributed by atoms with Crippen LogP contribution in [-0.4, -0.2) is 55.0 Å². The summed E-state index contributed by atoms with van der Waals surface area (Å²) in [5.74, 6) is -1.04. The Morgan fingerprint density at radius 2 is 1.76 bits per heavy atom. The lowest BCUT2D eigenvalue weighted by molar-refractivity contribution is -0.157. The molecule has 1 aliphatic carbocycles. The third kappa shape index (κ3) is 2.82. The van der Waals surface area contributed by atoms with E-state index >= 15 is 0 Å². The summed E-state index contributed by atoms with van der Waals surface area (Å²) in [6.07, 6.45) is -0.0120. The van der Waals surface area contributed by atoms with Crippen molar-refractivity contribution in [2.75, 3.05) is 32.9 Å². The first-order valence-electron chi connectivity index (χ1n) is 10.0. The molecule has 2 unspecified atom stereocenters. The average Bonchev–Trinajstić information content (AvgIpc) is 3.30. The quantitative estimate of drug-likeness (QED) is 0.865. The van der Waals surface area contributed by atoms with Crippen LogP contribution in [0.25, 0.3) is 11.1 Å². The van der Waals surface area contributed by atoms with Crippen molar-refractivity contribution in [3.63, 3.8) is 0 Å². The summed E-state index contributed by atoms with van der Waals surface area (Å²) in [4.78, 5) is 26.3. The Kier molecular flexibility index (Phi) is 4.32. The summed E-state index contributed by atoms with van der Waals surface area (Å²) in [5, 5.41) is 9.79. The van der Waals surface area contributed by atoms with Gasteiger partial charge < -0.3 is 19.5 Å². The van der Waals surface area contributed by atoms with Gasteiger partial charge >= 0.3 is 12.1 Å². The number of hydrogen-bond acceptors (Lipinski definition) is 4. The number of ether oxygens (including phenoxy) is 2. The predicted octanol–water partition coefficient (Wildman–Crippen LogP) is 3.36. The second kappa shape index (κ2) is 6.88. The van der Waals surface area contributed by atoms with Crippen LogP contribution >= 0.6 is 0 Å². The van der Waals surface area contributed by atoms with Crippen molar-refractivity contribution < 1.29 is 24.2 Å². The molecule has 3 aliphatic rings. The Hall–Kier alpha value is -2.86. The molecule has 2 aromatic rings. The van der Waals surface area contributed by atoms with Crippen LogP contribution in [0.1, 0.15) is 23.5 Å². The second-order valence-electron chi connectivity index (χ2n) is 8.17. The van der Waals surface area contributed by atoms with Gasteiger partial charge in [0.15, 0.2) is 0 Å². The highest BCUT2D eigenvalue weighted by Gasteiger charge is 2.55. The number of benzene rings is 2. The van der Waals surface area contributed by atoms with Gasteiger partial charge in [-0.05, 0) is 28.7 Å². The normalized spacial score (nSPS) is 25.2. The van der Waals surface area contributed by atoms with Gasteiger partial charge in [-0.15, -0.1) is 0 Å². The number of likely N-dealkylation sites (tertiary alicyclic amines) is 1. The molecule has 0 bridgehead atoms. The smallest absolute Gasteiger partial charge is 0.409 e. The number of rotatable bonds is 3. The molecular weight excluding hydrogens is 370 g/mol. The molecule has 2 atom stereocenters. The average molecular weight is 393 g/mol. The van der Waals surface area contributed by atoms with Gasteiger partial charge in [-0.25, -0.2) is 4.79 Å². The first kappa shape index (κ1) is 18.2. The standard InChI is InChI=1S/C23H23NO5/c25-21(26)23-9-10-28-12-15(23)11-24(14-23)22(27)29-13-20-18-7-3-1-5-16(18)17-6-2-4-8-19(17)20/h1-8,15,20H,9-14H2,(H,25,26). The molecule has 6 nitrogen and oxygen atoms in total. The van der Waals surface area contributed by atoms with Crippen molar-refractivity contribution >= 4 is 12.1 Å². The molecule has 0 aromatic heterocycles. The van der Waals surface area contributed by atoms with Crippen LogP contribution in [-0.2, 0) is 14.3 Å². The van der Waals surface area contributed by atoms with Gasteiger partial charge in [-0.2, -0.15) is 0 Å². The van der Waals surface area contributed by atoms with E-state index in [0.29, 0.717) is 26.2 Å². The van der Waals surface area contributed by atoms with Crippen molar-refractivity contribution in [2.24, 2.45) is 11.3 Å². The number of aliphatic carboxylic acids is 1. The van der Waals surface area contributed by atoms with E-state index in [1.54, 1.807) is 4.90 Å². The Morgan fingerprint density at radius 1 is 1.10 bits per heavy atom. The van der Waals surface area contributed by atoms with Crippen molar-refractivity contribution in [3.05, 3.63) is 59.7 Å². The molecule has 1 amide bonds. The van der Waals surface area contributed by atoms with E-state index in [1.165, 1.54) is 11.1 Å². The van der Waals surface area contributed by atoms with Crippen LogP contribution in [0.5, 0.6) is 0 Å². The molecule has 1 N–H and O–H groups in total. The van der Waals surface area contributed by atoms with Gasteiger partial charge in [0.05, 0.1) is 12.0 Å². The van der Waals surface area contributed by atoms with Crippen LogP contribution in [0.2, 0.25) is 0 Å². The molecule has 2 aliphatic heterocycles. The summed E-state index contributed by atoms with van der Waals surface area (Å²) >= 11 is 0. The van der Waals surface area contributed by atoms with E-state index in [1.807, 2.05) is 24.3 Å². The van der Waals surface area contributed by atoms with Crippen LogP contribution in [0.4, 0.5) is 4.79 Å². The van der Waals surface area contributed by atoms with Gasteiger partial charge in [0.2, 0.25) is 0 Å². The largest absolute Gasteiger partial charge is 0.481 e. The first-order valence-corrected chi connectivity index (χ1v) is 10.0. The number of nitrogens with zero attached hydrogens (tertiary/aromatic N) is 1. The van der Waals surface area contributed by atoms with E-state index in [9.17, 15) is 14.7 Å². The highest BCUT2D eigenvalue weighted by Crippen LogP contribution is 2.45. The number of fused-ring (bicyclic) bond motifs is 4. The van der Waals surface area contributed by atoms with Crippen LogP contribution in [0, 0.1) is 11.3 Å². The highest BCUT2D eigenvalue weighted by molar-refractivity contribution is 5.80. The lowest BCUT2D eigenvalue weighted by Crippen LogP contribution is -2.45. The maximum Gasteiger partial charge on any atom is 0.409 e. The Balaban J connectivity index is 1.32. The number of carboxylic acids is 1. The molecule has 0 radical (unpaired) electrons. The van der Waals surface area contributed by atoms with E-state index in [0.717, 1.165) is 11.1 Å². The fraction of sp³-hybridized carbons (Fsp3) is 0.391. The van der Waals surface area contributed by atoms with E-state index in [2.05, 4.69) is 24.3 Å². The summed E-state index contributed by atoms with van der Waals surface area (Å²) < 4.78 is 11.2. The van der Waals surface area contributed by atoms with E-state index < -0.39 is 17.5 Å². The van der Waals surface area contributed by atoms with Gasteiger partial charge in [-0.3, -0.25) is 4.79 Å². The zero-order valence-corrected chi connectivity index (χ0v) is 16.0. The molecular formula is C23H23NO5. The topological polar surface area (TPSA) is 76.1 Å². The highest BCUT2D eigenvalue weighted by atomic mass is 16.6. The van der Waals surface area contributed by atoms with E-state index in [4.69, 9.17) is 9.47 Å². The summed E-state index contributed by atoms with van der Waals surface area (Å²) in [7, 11) is 0. The lowest BCUT2D eigenvalue weighted by Gasteiger charge is -2.33. The molecule has 150 valence electrons. The van der Waals surface area contributed by atoms with Gasteiger partial charge in [0.1, 0.15) is 6.61 Å². The molecule has 2 saturated heterocycles. The Labute approximate surface area is 169 Å². The fourth-order valence-electron chi connectivity index (χ4n) is 5.12. The maximum atomic E-state index is 12.8. The first-order chi connectivity index (χ1) is 14.1. The minimum atomic E-state index is -0.913. The SMILES string of the molecule is O=C(OCC1c2ccccc2-c2ccccc21)N1CC2COCCC2(C(=O)O)C1. The summed E-state index contributed by atoms with van der Waals surface area (Å²) in [5.41, 5.74) is 3.76. The molecule has 0 spiro atoms. The summed E-state index contributed by atoms with van der Waals surface area (Å²) in [6.45, 7) is 1.58. The third-order valence-electron chi connectivity index (χ3n) is 6.73. The Morgan fingerprint density at radius 3 is 2.38 bits per heavy atom. The maximum absolute atomic E-state index is 12.8. The second-order valence-corrected chi connectivity index (χ2v) is 8.17. The van der Waals surface area contributed by atoms with Gasteiger partial charge in [0, 0.05) is 31.5 Å². The van der Waals surface area contributed by atoms with Crippen molar-refractivity contribution in [1.82, 2.24) is 4.90 Å². The molecule has 0 saturated carbocycles. The molecule has 29 heavy (non-hydrogen) atoms. The molecule has 5 rings (SSSR count). The van der Waals surface area contributed by atoms with Crippen LogP contribution < -0.4 is 0 Å². The molecule has 2 fully saturated rings. The predicted molar refractivity (Wildman–Crippen MR) is 106 cm³/mol.